The zero-order chi connectivity index (χ0) is 22.0. The molecule has 9 nitrogen and oxygen atoms in total. The van der Waals surface area contributed by atoms with Gasteiger partial charge in [-0.25, -0.2) is 9.59 Å². The van der Waals surface area contributed by atoms with E-state index in [-0.39, 0.29) is 6.54 Å². The van der Waals surface area contributed by atoms with Crippen LogP contribution in [-0.2, 0) is 21.7 Å². The van der Waals surface area contributed by atoms with Gasteiger partial charge in [-0.2, -0.15) is 0 Å². The highest BCUT2D eigenvalue weighted by molar-refractivity contribution is 6.11. The summed E-state index contributed by atoms with van der Waals surface area (Å²) in [5.74, 6) is -0.842. The molecule has 0 radical (unpaired) electrons. The summed E-state index contributed by atoms with van der Waals surface area (Å²) in [5, 5.41) is 8.99. The van der Waals surface area contributed by atoms with Crippen molar-refractivity contribution < 1.29 is 23.6 Å². The van der Waals surface area contributed by atoms with E-state index >= 15 is 0 Å². The molecule has 1 aliphatic rings. The minimum atomic E-state index is -1.33. The summed E-state index contributed by atoms with van der Waals surface area (Å²) in [6.07, 6.45) is 1.46. The van der Waals surface area contributed by atoms with Crippen molar-refractivity contribution in [2.24, 2.45) is 0 Å². The standard InChI is InChI=1S/C22H20N4O5/c1-22(17-10-4-7-14-6-2-3-9-16(14)17)19(28)26(21(30)25-22)13-18(27)24-20(29)23-12-15-8-5-11-31-15/h2-11H,12-13H2,1H3,(H,25,30)(H2,23,24,27,29). The maximum Gasteiger partial charge on any atom is 0.325 e. The first-order chi connectivity index (χ1) is 14.9. The third-order valence-electron chi connectivity index (χ3n) is 5.16. The molecule has 0 aliphatic carbocycles. The first-order valence-corrected chi connectivity index (χ1v) is 9.61. The second-order valence-corrected chi connectivity index (χ2v) is 7.28. The number of benzene rings is 2. The number of amides is 6. The molecule has 0 spiro atoms. The molecule has 1 saturated heterocycles. The predicted octanol–water partition coefficient (Wildman–Crippen LogP) is 2.23. The monoisotopic (exact) mass is 420 g/mol. The van der Waals surface area contributed by atoms with E-state index in [2.05, 4.69) is 16.0 Å². The van der Waals surface area contributed by atoms with Crippen LogP contribution in [0.1, 0.15) is 18.2 Å². The lowest BCUT2D eigenvalue weighted by atomic mass is 9.88. The average molecular weight is 420 g/mol. The summed E-state index contributed by atoms with van der Waals surface area (Å²) >= 11 is 0. The van der Waals surface area contributed by atoms with E-state index in [0.29, 0.717) is 11.3 Å². The van der Waals surface area contributed by atoms with E-state index in [9.17, 15) is 19.2 Å². The van der Waals surface area contributed by atoms with Crippen LogP contribution in [0.3, 0.4) is 0 Å². The Bertz CT molecular complexity index is 1170. The van der Waals surface area contributed by atoms with Gasteiger partial charge in [0.05, 0.1) is 12.8 Å². The molecule has 1 unspecified atom stereocenters. The number of carbonyl (C=O) groups excluding carboxylic acids is 4. The Labute approximate surface area is 177 Å². The molecule has 2 heterocycles. The van der Waals surface area contributed by atoms with E-state index in [0.717, 1.165) is 15.7 Å². The number of hydrogen-bond acceptors (Lipinski definition) is 5. The summed E-state index contributed by atoms with van der Waals surface area (Å²) in [4.78, 5) is 50.6. The third-order valence-corrected chi connectivity index (χ3v) is 5.16. The van der Waals surface area contributed by atoms with Crippen molar-refractivity contribution in [1.82, 2.24) is 20.9 Å². The number of nitrogens with one attached hydrogen (secondary N) is 3. The molecule has 158 valence electrons. The molecule has 3 N–H and O–H groups in total. The summed E-state index contributed by atoms with van der Waals surface area (Å²) < 4.78 is 5.09. The van der Waals surface area contributed by atoms with Gasteiger partial charge in [0.15, 0.2) is 0 Å². The van der Waals surface area contributed by atoms with Crippen LogP contribution in [0.15, 0.2) is 65.3 Å². The lowest BCUT2D eigenvalue weighted by molar-refractivity contribution is -0.134. The van der Waals surface area contributed by atoms with Crippen LogP contribution >= 0.6 is 0 Å². The van der Waals surface area contributed by atoms with Crippen molar-refractivity contribution in [2.75, 3.05) is 6.54 Å². The molecule has 4 rings (SSSR count). The number of carbonyl (C=O) groups is 4. The van der Waals surface area contributed by atoms with Gasteiger partial charge in [0.2, 0.25) is 5.91 Å². The predicted molar refractivity (Wildman–Crippen MR) is 111 cm³/mol. The molecule has 3 aromatic rings. The Morgan fingerprint density at radius 1 is 1.06 bits per heavy atom. The number of fused-ring (bicyclic) bond motifs is 1. The summed E-state index contributed by atoms with van der Waals surface area (Å²) in [6, 6.07) is 14.9. The lowest BCUT2D eigenvalue weighted by Crippen LogP contribution is -2.46. The van der Waals surface area contributed by atoms with E-state index in [1.807, 2.05) is 30.3 Å². The number of imide groups is 2. The zero-order valence-corrected chi connectivity index (χ0v) is 16.7. The molecule has 1 aliphatic heterocycles. The first kappa shape index (κ1) is 20.1. The van der Waals surface area contributed by atoms with Crippen molar-refractivity contribution in [3.05, 3.63) is 72.2 Å². The van der Waals surface area contributed by atoms with Crippen LogP contribution < -0.4 is 16.0 Å². The fraction of sp³-hybridized carbons (Fsp3) is 0.182. The molecule has 31 heavy (non-hydrogen) atoms. The van der Waals surface area contributed by atoms with E-state index < -0.39 is 36.0 Å². The van der Waals surface area contributed by atoms with Crippen molar-refractivity contribution >= 4 is 34.6 Å². The largest absolute Gasteiger partial charge is 0.467 e. The Balaban J connectivity index is 1.45. The minimum Gasteiger partial charge on any atom is -0.467 e. The second-order valence-electron chi connectivity index (χ2n) is 7.28. The van der Waals surface area contributed by atoms with Crippen LogP contribution in [0.5, 0.6) is 0 Å². The van der Waals surface area contributed by atoms with E-state index in [1.54, 1.807) is 31.2 Å². The van der Waals surface area contributed by atoms with Crippen LogP contribution in [0.25, 0.3) is 10.8 Å². The fourth-order valence-corrected chi connectivity index (χ4v) is 3.62. The number of rotatable bonds is 5. The van der Waals surface area contributed by atoms with Crippen molar-refractivity contribution in [3.8, 4) is 0 Å². The Kier molecular flexibility index (Phi) is 5.16. The smallest absolute Gasteiger partial charge is 0.325 e. The average Bonchev–Trinajstić information content (AvgIpc) is 3.35. The Morgan fingerprint density at radius 2 is 1.84 bits per heavy atom. The zero-order valence-electron chi connectivity index (χ0n) is 16.7. The quantitative estimate of drug-likeness (QED) is 0.547. The Morgan fingerprint density at radius 3 is 2.61 bits per heavy atom. The van der Waals surface area contributed by atoms with Gasteiger partial charge in [-0.15, -0.1) is 0 Å². The normalized spacial score (nSPS) is 18.2. The number of urea groups is 2. The van der Waals surface area contributed by atoms with Gasteiger partial charge in [0.25, 0.3) is 5.91 Å². The highest BCUT2D eigenvalue weighted by Crippen LogP contribution is 2.33. The molecule has 1 aromatic heterocycles. The van der Waals surface area contributed by atoms with Gasteiger partial charge in [-0.05, 0) is 35.4 Å². The maximum atomic E-state index is 13.1. The SMILES string of the molecule is CC1(c2cccc3ccccc23)NC(=O)N(CC(=O)NC(=O)NCc2ccco2)C1=O. The molecule has 2 aromatic carbocycles. The van der Waals surface area contributed by atoms with Crippen LogP contribution in [0, 0.1) is 0 Å². The lowest BCUT2D eigenvalue weighted by Gasteiger charge is -2.24. The molecule has 1 atom stereocenters. The van der Waals surface area contributed by atoms with Crippen molar-refractivity contribution in [2.45, 2.75) is 19.0 Å². The van der Waals surface area contributed by atoms with Gasteiger partial charge in [-0.3, -0.25) is 19.8 Å². The van der Waals surface area contributed by atoms with Crippen molar-refractivity contribution in [1.29, 1.82) is 0 Å². The summed E-state index contributed by atoms with van der Waals surface area (Å²) in [7, 11) is 0. The summed E-state index contributed by atoms with van der Waals surface area (Å²) in [6.45, 7) is 1.11. The van der Waals surface area contributed by atoms with Gasteiger partial charge in [0, 0.05) is 0 Å². The molecule has 6 amide bonds. The fourth-order valence-electron chi connectivity index (χ4n) is 3.62. The topological polar surface area (TPSA) is 121 Å². The summed E-state index contributed by atoms with van der Waals surface area (Å²) in [5.41, 5.74) is -0.706. The number of hydrogen-bond donors (Lipinski definition) is 3. The molecule has 0 bridgehead atoms. The van der Waals surface area contributed by atoms with Crippen LogP contribution in [-0.4, -0.2) is 35.3 Å². The third kappa shape index (κ3) is 3.85. The van der Waals surface area contributed by atoms with Gasteiger partial charge < -0.3 is 15.1 Å². The molecule has 9 heteroatoms. The Hall–Kier alpha value is -4.14. The molecule has 1 fully saturated rings. The highest BCUT2D eigenvalue weighted by atomic mass is 16.3. The molecular weight excluding hydrogens is 400 g/mol. The minimum absolute atomic E-state index is 0.0917. The van der Waals surface area contributed by atoms with Gasteiger partial charge in [0.1, 0.15) is 17.8 Å². The van der Waals surface area contributed by atoms with E-state index in [4.69, 9.17) is 4.42 Å². The number of furan rings is 1. The first-order valence-electron chi connectivity index (χ1n) is 9.61. The van der Waals surface area contributed by atoms with Gasteiger partial charge in [-0.1, -0.05) is 42.5 Å². The van der Waals surface area contributed by atoms with E-state index in [1.165, 1.54) is 6.26 Å². The number of nitrogens with zero attached hydrogens (tertiary/aromatic N) is 1. The van der Waals surface area contributed by atoms with Crippen molar-refractivity contribution in [3.63, 3.8) is 0 Å². The van der Waals surface area contributed by atoms with Gasteiger partial charge >= 0.3 is 12.1 Å². The highest BCUT2D eigenvalue weighted by Gasteiger charge is 2.50. The molecular formula is C22H20N4O5. The van der Waals surface area contributed by atoms with Crippen LogP contribution in [0.2, 0.25) is 0 Å². The second kappa shape index (κ2) is 7.94. The maximum absolute atomic E-state index is 13.1. The van der Waals surface area contributed by atoms with Crippen LogP contribution in [0.4, 0.5) is 9.59 Å². The molecule has 0 saturated carbocycles.